The van der Waals surface area contributed by atoms with Gasteiger partial charge in [0.2, 0.25) is 11.8 Å². The minimum Gasteiger partial charge on any atom is -0.497 e. The first-order valence-electron chi connectivity index (χ1n) is 9.35. The van der Waals surface area contributed by atoms with Crippen molar-refractivity contribution in [2.45, 2.75) is 13.3 Å². The van der Waals surface area contributed by atoms with Crippen molar-refractivity contribution in [3.63, 3.8) is 0 Å². The van der Waals surface area contributed by atoms with Crippen molar-refractivity contribution in [3.8, 4) is 5.75 Å². The average molecular weight is 377 g/mol. The van der Waals surface area contributed by atoms with E-state index in [4.69, 9.17) is 4.74 Å². The van der Waals surface area contributed by atoms with E-state index in [0.29, 0.717) is 25.3 Å². The van der Waals surface area contributed by atoms with Gasteiger partial charge in [0.1, 0.15) is 12.3 Å². The number of anilines is 1. The predicted octanol–water partition coefficient (Wildman–Crippen LogP) is 2.90. The Morgan fingerprint density at radius 1 is 1.14 bits per heavy atom. The number of nitrogens with zero attached hydrogens (tertiary/aromatic N) is 2. The molecule has 1 aromatic heterocycles. The Balaban J connectivity index is 1.47. The van der Waals surface area contributed by atoms with Crippen LogP contribution in [0.15, 0.2) is 48.5 Å². The normalized spacial score (nSPS) is 14.6. The van der Waals surface area contributed by atoms with Crippen LogP contribution in [0.3, 0.4) is 0 Å². The minimum absolute atomic E-state index is 0.0218. The van der Waals surface area contributed by atoms with Crippen molar-refractivity contribution in [3.05, 3.63) is 59.8 Å². The van der Waals surface area contributed by atoms with E-state index in [1.54, 1.807) is 16.9 Å². The number of piperazine rings is 1. The van der Waals surface area contributed by atoms with Crippen molar-refractivity contribution in [2.24, 2.45) is 0 Å². The average Bonchev–Trinajstić information content (AvgIpc) is 3.03. The summed E-state index contributed by atoms with van der Waals surface area (Å²) in [5.41, 5.74) is 3.82. The van der Waals surface area contributed by atoms with Gasteiger partial charge in [0.25, 0.3) is 0 Å². The molecular formula is C22H23N3O3. The summed E-state index contributed by atoms with van der Waals surface area (Å²) < 4.78 is 5.24. The number of hydrogen-bond donors (Lipinski definition) is 1. The molecule has 0 unspecified atom stereocenters. The van der Waals surface area contributed by atoms with E-state index in [2.05, 4.69) is 4.98 Å². The minimum atomic E-state index is -0.0801. The Labute approximate surface area is 163 Å². The molecule has 6 nitrogen and oxygen atoms in total. The summed E-state index contributed by atoms with van der Waals surface area (Å²) in [5.74, 6) is 0.605. The number of nitrogens with one attached hydrogen (secondary N) is 1. The molecular weight excluding hydrogens is 354 g/mol. The van der Waals surface area contributed by atoms with Crippen LogP contribution in [0.25, 0.3) is 10.9 Å². The number of aryl methyl sites for hydroxylation is 1. The van der Waals surface area contributed by atoms with Crippen molar-refractivity contribution in [1.29, 1.82) is 0 Å². The van der Waals surface area contributed by atoms with Gasteiger partial charge >= 0.3 is 0 Å². The molecule has 0 bridgehead atoms. The smallest absolute Gasteiger partial charge is 0.246 e. The van der Waals surface area contributed by atoms with Crippen LogP contribution in [-0.2, 0) is 16.0 Å². The first-order valence-corrected chi connectivity index (χ1v) is 9.35. The number of H-pyrrole nitrogens is 1. The van der Waals surface area contributed by atoms with Gasteiger partial charge in [-0.25, -0.2) is 0 Å². The van der Waals surface area contributed by atoms with Gasteiger partial charge in [-0.3, -0.25) is 9.59 Å². The number of carbonyl (C=O) groups is 2. The monoisotopic (exact) mass is 377 g/mol. The second-order valence-electron chi connectivity index (χ2n) is 7.01. The number of para-hydroxylation sites is 1. The molecule has 0 radical (unpaired) electrons. The van der Waals surface area contributed by atoms with Crippen LogP contribution < -0.4 is 9.64 Å². The number of ether oxygens (including phenoxy) is 1. The number of methoxy groups -OCH3 is 1. The highest BCUT2D eigenvalue weighted by Crippen LogP contribution is 2.25. The molecule has 6 heteroatoms. The molecule has 0 aliphatic carbocycles. The Kier molecular flexibility index (Phi) is 4.77. The number of amides is 2. The summed E-state index contributed by atoms with van der Waals surface area (Å²) in [7, 11) is 1.60. The van der Waals surface area contributed by atoms with Crippen molar-refractivity contribution in [1.82, 2.24) is 9.88 Å². The number of rotatable bonds is 4. The molecule has 2 amide bonds. The number of carbonyl (C=O) groups excluding carboxylic acids is 2. The molecule has 2 aromatic carbocycles. The molecule has 0 saturated carbocycles. The molecule has 2 heterocycles. The zero-order valence-corrected chi connectivity index (χ0v) is 16.1. The lowest BCUT2D eigenvalue weighted by Gasteiger charge is -2.34. The topological polar surface area (TPSA) is 65.6 Å². The lowest BCUT2D eigenvalue weighted by atomic mass is 10.1. The molecule has 1 N–H and O–H groups in total. The van der Waals surface area contributed by atoms with Gasteiger partial charge < -0.3 is 19.5 Å². The summed E-state index contributed by atoms with van der Waals surface area (Å²) in [4.78, 5) is 32.2. The second kappa shape index (κ2) is 7.38. The van der Waals surface area contributed by atoms with Gasteiger partial charge in [-0.2, -0.15) is 0 Å². The van der Waals surface area contributed by atoms with E-state index in [0.717, 1.165) is 27.8 Å². The van der Waals surface area contributed by atoms with E-state index < -0.39 is 0 Å². The third-order valence-corrected chi connectivity index (χ3v) is 5.29. The zero-order chi connectivity index (χ0) is 19.7. The number of aromatic amines is 1. The number of benzene rings is 2. The Bertz CT molecular complexity index is 1040. The SMILES string of the molecule is COc1cccc(N2CCN(C(=O)Cc3c(C)[nH]c4ccccc34)CC2=O)c1. The first-order chi connectivity index (χ1) is 13.6. The third-order valence-electron chi connectivity index (χ3n) is 5.29. The van der Waals surface area contributed by atoms with Crippen molar-refractivity contribution >= 4 is 28.4 Å². The molecule has 1 saturated heterocycles. The van der Waals surface area contributed by atoms with Crippen LogP contribution >= 0.6 is 0 Å². The summed E-state index contributed by atoms with van der Waals surface area (Å²) in [5, 5.41) is 1.06. The van der Waals surface area contributed by atoms with Crippen LogP contribution in [0.4, 0.5) is 5.69 Å². The molecule has 144 valence electrons. The highest BCUT2D eigenvalue weighted by Gasteiger charge is 2.28. The Morgan fingerprint density at radius 3 is 2.75 bits per heavy atom. The van der Waals surface area contributed by atoms with Gasteiger partial charge in [-0.15, -0.1) is 0 Å². The third kappa shape index (κ3) is 3.33. The Hall–Kier alpha value is -3.28. The lowest BCUT2D eigenvalue weighted by Crippen LogP contribution is -2.52. The fourth-order valence-corrected chi connectivity index (χ4v) is 3.76. The lowest BCUT2D eigenvalue weighted by molar-refractivity contribution is -0.136. The fraction of sp³-hybridized carbons (Fsp3) is 0.273. The highest BCUT2D eigenvalue weighted by atomic mass is 16.5. The van der Waals surface area contributed by atoms with Gasteiger partial charge in [0.15, 0.2) is 0 Å². The maximum atomic E-state index is 12.9. The van der Waals surface area contributed by atoms with Crippen LogP contribution in [0.1, 0.15) is 11.3 Å². The van der Waals surface area contributed by atoms with Crippen molar-refractivity contribution < 1.29 is 14.3 Å². The quantitative estimate of drug-likeness (QED) is 0.760. The van der Waals surface area contributed by atoms with E-state index in [-0.39, 0.29) is 18.4 Å². The maximum absolute atomic E-state index is 12.9. The van der Waals surface area contributed by atoms with Gasteiger partial charge in [-0.05, 0) is 30.7 Å². The first kappa shape index (κ1) is 18.1. The zero-order valence-electron chi connectivity index (χ0n) is 16.1. The number of fused-ring (bicyclic) bond motifs is 1. The highest BCUT2D eigenvalue weighted by molar-refractivity contribution is 5.99. The van der Waals surface area contributed by atoms with Crippen LogP contribution in [0, 0.1) is 6.92 Å². The van der Waals surface area contributed by atoms with Crippen molar-refractivity contribution in [2.75, 3.05) is 31.6 Å². The summed E-state index contributed by atoms with van der Waals surface area (Å²) >= 11 is 0. The summed E-state index contributed by atoms with van der Waals surface area (Å²) in [6.07, 6.45) is 0.294. The van der Waals surface area contributed by atoms with Gasteiger partial charge in [0, 0.05) is 41.4 Å². The number of hydrogen-bond acceptors (Lipinski definition) is 3. The molecule has 3 aromatic rings. The second-order valence-corrected chi connectivity index (χ2v) is 7.01. The van der Waals surface area contributed by atoms with Gasteiger partial charge in [-0.1, -0.05) is 24.3 Å². The van der Waals surface area contributed by atoms with E-state index >= 15 is 0 Å². The van der Waals surface area contributed by atoms with Gasteiger partial charge in [0.05, 0.1) is 13.5 Å². The summed E-state index contributed by atoms with van der Waals surface area (Å²) in [6, 6.07) is 15.4. The van der Waals surface area contributed by atoms with Crippen LogP contribution in [0.5, 0.6) is 5.75 Å². The maximum Gasteiger partial charge on any atom is 0.246 e. The summed E-state index contributed by atoms with van der Waals surface area (Å²) in [6.45, 7) is 3.07. The standard InChI is InChI=1S/C22H23N3O3/c1-15-19(18-8-3-4-9-20(18)23-15)13-21(26)24-10-11-25(22(27)14-24)16-6-5-7-17(12-16)28-2/h3-9,12,23H,10-11,13-14H2,1-2H3. The molecule has 1 fully saturated rings. The van der Waals surface area contributed by atoms with E-state index in [9.17, 15) is 9.59 Å². The fourth-order valence-electron chi connectivity index (χ4n) is 3.76. The van der Waals surface area contributed by atoms with Crippen LogP contribution in [0.2, 0.25) is 0 Å². The molecule has 0 atom stereocenters. The Morgan fingerprint density at radius 2 is 1.96 bits per heavy atom. The largest absolute Gasteiger partial charge is 0.497 e. The number of aromatic nitrogens is 1. The van der Waals surface area contributed by atoms with E-state index in [1.165, 1.54) is 0 Å². The molecule has 28 heavy (non-hydrogen) atoms. The molecule has 1 aliphatic heterocycles. The molecule has 0 spiro atoms. The predicted molar refractivity (Wildman–Crippen MR) is 109 cm³/mol. The van der Waals surface area contributed by atoms with Crippen LogP contribution in [-0.4, -0.2) is 48.4 Å². The molecule has 1 aliphatic rings. The molecule has 4 rings (SSSR count). The van der Waals surface area contributed by atoms with E-state index in [1.807, 2.05) is 55.5 Å².